The van der Waals surface area contributed by atoms with E-state index in [0.717, 1.165) is 11.8 Å². The van der Waals surface area contributed by atoms with Gasteiger partial charge < -0.3 is 19.3 Å². The van der Waals surface area contributed by atoms with Gasteiger partial charge in [0.2, 0.25) is 5.76 Å². The first-order valence-corrected chi connectivity index (χ1v) is 7.50. The van der Waals surface area contributed by atoms with E-state index in [2.05, 4.69) is 0 Å². The Labute approximate surface area is 145 Å². The zero-order valence-corrected chi connectivity index (χ0v) is 14.0. The smallest absolute Gasteiger partial charge is 0.375 e. The molecular weight excluding hydrogens is 332 g/mol. The van der Waals surface area contributed by atoms with Gasteiger partial charge in [-0.1, -0.05) is 35.9 Å². The van der Waals surface area contributed by atoms with E-state index in [4.69, 9.17) is 30.9 Å². The summed E-state index contributed by atoms with van der Waals surface area (Å²) in [6, 6.07) is 12.4. The Morgan fingerprint density at radius 3 is 2.58 bits per heavy atom. The molecule has 0 fully saturated rings. The fraction of sp³-hybridized carbons (Fsp3) is 0.167. The molecule has 0 spiro atoms. The molecule has 24 heavy (non-hydrogen) atoms. The van der Waals surface area contributed by atoms with Crippen molar-refractivity contribution in [1.29, 1.82) is 0 Å². The number of carboxylic acids is 1. The first-order valence-electron chi connectivity index (χ1n) is 7.13. The third kappa shape index (κ3) is 4.43. The SMILES string of the molecule is CO/C=C(/Oc1ccccc1COc1cccc(Cl)c1C)C(=O)O. The predicted molar refractivity (Wildman–Crippen MR) is 90.3 cm³/mol. The fourth-order valence-electron chi connectivity index (χ4n) is 1.97. The maximum atomic E-state index is 11.1. The Kier molecular flexibility index (Phi) is 6.09. The molecule has 1 N–H and O–H groups in total. The molecule has 6 heteroatoms. The average Bonchev–Trinajstić information content (AvgIpc) is 2.57. The molecule has 2 rings (SSSR count). The van der Waals surface area contributed by atoms with E-state index >= 15 is 0 Å². The predicted octanol–water partition coefficient (Wildman–Crippen LogP) is 4.18. The zero-order chi connectivity index (χ0) is 17.5. The van der Waals surface area contributed by atoms with Crippen LogP contribution in [0.25, 0.3) is 0 Å². The second kappa shape index (κ2) is 8.26. The van der Waals surface area contributed by atoms with Gasteiger partial charge in [-0.2, -0.15) is 0 Å². The molecule has 0 heterocycles. The molecule has 0 radical (unpaired) electrons. The number of carbonyl (C=O) groups is 1. The van der Waals surface area contributed by atoms with Crippen molar-refractivity contribution >= 4 is 17.6 Å². The minimum atomic E-state index is -1.22. The molecule has 0 aliphatic carbocycles. The molecule has 5 nitrogen and oxygen atoms in total. The topological polar surface area (TPSA) is 65.0 Å². The highest BCUT2D eigenvalue weighted by atomic mass is 35.5. The quantitative estimate of drug-likeness (QED) is 0.600. The van der Waals surface area contributed by atoms with Crippen LogP contribution in [0.3, 0.4) is 0 Å². The summed E-state index contributed by atoms with van der Waals surface area (Å²) < 4.78 is 15.9. The van der Waals surface area contributed by atoms with E-state index < -0.39 is 5.97 Å². The number of ether oxygens (including phenoxy) is 3. The molecule has 0 aromatic heterocycles. The molecule has 2 aromatic rings. The second-order valence-corrected chi connectivity index (χ2v) is 5.29. The van der Waals surface area contributed by atoms with E-state index in [9.17, 15) is 4.79 Å². The lowest BCUT2D eigenvalue weighted by atomic mass is 10.2. The van der Waals surface area contributed by atoms with Crippen molar-refractivity contribution in [3.8, 4) is 11.5 Å². The van der Waals surface area contributed by atoms with Crippen LogP contribution in [0.1, 0.15) is 11.1 Å². The lowest BCUT2D eigenvalue weighted by Crippen LogP contribution is -2.10. The largest absolute Gasteiger partial charge is 0.500 e. The summed E-state index contributed by atoms with van der Waals surface area (Å²) in [5.41, 5.74) is 1.53. The summed E-state index contributed by atoms with van der Waals surface area (Å²) in [5.74, 6) is -0.506. The van der Waals surface area contributed by atoms with E-state index in [-0.39, 0.29) is 12.4 Å². The summed E-state index contributed by atoms with van der Waals surface area (Å²) in [6.07, 6.45) is 1.03. The lowest BCUT2D eigenvalue weighted by Gasteiger charge is -2.13. The summed E-state index contributed by atoms with van der Waals surface area (Å²) >= 11 is 6.07. The minimum absolute atomic E-state index is 0.206. The monoisotopic (exact) mass is 348 g/mol. The van der Waals surface area contributed by atoms with Gasteiger partial charge in [0, 0.05) is 16.1 Å². The number of aliphatic carboxylic acids is 1. The molecule has 0 aliphatic rings. The molecule has 0 saturated carbocycles. The number of para-hydroxylation sites is 1. The molecule has 0 saturated heterocycles. The van der Waals surface area contributed by atoms with Crippen molar-refractivity contribution in [3.63, 3.8) is 0 Å². The Morgan fingerprint density at radius 1 is 1.17 bits per heavy atom. The minimum Gasteiger partial charge on any atom is -0.500 e. The maximum absolute atomic E-state index is 11.1. The highest BCUT2D eigenvalue weighted by molar-refractivity contribution is 6.31. The van der Waals surface area contributed by atoms with Gasteiger partial charge in [-0.05, 0) is 25.1 Å². The number of benzene rings is 2. The van der Waals surface area contributed by atoms with Crippen molar-refractivity contribution in [1.82, 2.24) is 0 Å². The molecular formula is C18H17ClO5. The first-order chi connectivity index (χ1) is 11.5. The van der Waals surface area contributed by atoms with Gasteiger partial charge in [-0.25, -0.2) is 4.79 Å². The summed E-state index contributed by atoms with van der Waals surface area (Å²) in [6.45, 7) is 2.07. The van der Waals surface area contributed by atoms with Crippen LogP contribution < -0.4 is 9.47 Å². The molecule has 0 atom stereocenters. The maximum Gasteiger partial charge on any atom is 0.375 e. The summed E-state index contributed by atoms with van der Waals surface area (Å²) in [5, 5.41) is 9.73. The van der Waals surface area contributed by atoms with Crippen LogP contribution in [0.4, 0.5) is 0 Å². The van der Waals surface area contributed by atoms with Crippen LogP contribution in [0.2, 0.25) is 5.02 Å². The lowest BCUT2D eigenvalue weighted by molar-refractivity contribution is -0.135. The van der Waals surface area contributed by atoms with E-state index in [0.29, 0.717) is 22.1 Å². The van der Waals surface area contributed by atoms with Crippen LogP contribution >= 0.6 is 11.6 Å². The van der Waals surface area contributed by atoms with Gasteiger partial charge >= 0.3 is 5.97 Å². The number of halogens is 1. The van der Waals surface area contributed by atoms with E-state index in [1.807, 2.05) is 19.1 Å². The van der Waals surface area contributed by atoms with E-state index in [1.165, 1.54) is 7.11 Å². The van der Waals surface area contributed by atoms with Crippen LogP contribution in [0.15, 0.2) is 54.5 Å². The highest BCUT2D eigenvalue weighted by Gasteiger charge is 2.14. The third-order valence-electron chi connectivity index (χ3n) is 3.23. The molecule has 0 amide bonds. The zero-order valence-electron chi connectivity index (χ0n) is 13.3. The Hall–Kier alpha value is -2.66. The van der Waals surface area contributed by atoms with Crippen molar-refractivity contribution in [2.45, 2.75) is 13.5 Å². The summed E-state index contributed by atoms with van der Waals surface area (Å²) in [4.78, 5) is 11.1. The molecule has 2 aromatic carbocycles. The van der Waals surface area contributed by atoms with Crippen LogP contribution in [0.5, 0.6) is 11.5 Å². The standard InChI is InChI=1S/C18H17ClO5/c1-12-14(19)7-5-9-15(12)23-10-13-6-3-4-8-16(13)24-17(11-22-2)18(20)21/h3-9,11H,10H2,1-2H3,(H,20,21)/b17-11+. The fourth-order valence-corrected chi connectivity index (χ4v) is 2.13. The van der Waals surface area contributed by atoms with Crippen molar-refractivity contribution in [2.24, 2.45) is 0 Å². The third-order valence-corrected chi connectivity index (χ3v) is 3.64. The van der Waals surface area contributed by atoms with Gasteiger partial charge in [0.15, 0.2) is 0 Å². The Morgan fingerprint density at radius 2 is 1.88 bits per heavy atom. The Bertz CT molecular complexity index is 755. The Balaban J connectivity index is 2.18. The summed E-state index contributed by atoms with van der Waals surface area (Å²) in [7, 11) is 1.35. The number of hydrogen-bond donors (Lipinski definition) is 1. The number of rotatable bonds is 7. The number of methoxy groups -OCH3 is 1. The van der Waals surface area contributed by atoms with Gasteiger partial charge in [0.25, 0.3) is 0 Å². The van der Waals surface area contributed by atoms with Crippen LogP contribution in [0, 0.1) is 6.92 Å². The number of carboxylic acid groups (broad SMARTS) is 1. The molecule has 0 unspecified atom stereocenters. The van der Waals surface area contributed by atoms with Gasteiger partial charge in [-0.3, -0.25) is 0 Å². The van der Waals surface area contributed by atoms with Crippen LogP contribution in [-0.4, -0.2) is 18.2 Å². The second-order valence-electron chi connectivity index (χ2n) is 4.88. The van der Waals surface area contributed by atoms with Crippen LogP contribution in [-0.2, 0) is 16.1 Å². The normalized spacial score (nSPS) is 11.0. The van der Waals surface area contributed by atoms with Gasteiger partial charge in [0.1, 0.15) is 24.4 Å². The van der Waals surface area contributed by atoms with Gasteiger partial charge in [-0.15, -0.1) is 0 Å². The van der Waals surface area contributed by atoms with E-state index in [1.54, 1.807) is 30.3 Å². The average molecular weight is 349 g/mol. The number of hydrogen-bond acceptors (Lipinski definition) is 4. The highest BCUT2D eigenvalue weighted by Crippen LogP contribution is 2.27. The molecule has 0 aliphatic heterocycles. The molecule has 126 valence electrons. The van der Waals surface area contributed by atoms with Gasteiger partial charge in [0.05, 0.1) is 7.11 Å². The van der Waals surface area contributed by atoms with Crippen molar-refractivity contribution in [3.05, 3.63) is 70.6 Å². The van der Waals surface area contributed by atoms with Crippen molar-refractivity contribution < 1.29 is 24.1 Å². The van der Waals surface area contributed by atoms with Crippen molar-refractivity contribution in [2.75, 3.05) is 7.11 Å². The molecule has 0 bridgehead atoms. The first kappa shape index (κ1) is 17.7.